The van der Waals surface area contributed by atoms with Gasteiger partial charge in [-0.3, -0.25) is 4.79 Å². The summed E-state index contributed by atoms with van der Waals surface area (Å²) in [6.45, 7) is 4.75. The van der Waals surface area contributed by atoms with Gasteiger partial charge in [-0.15, -0.1) is 0 Å². The van der Waals surface area contributed by atoms with Crippen molar-refractivity contribution in [2.45, 2.75) is 77.0 Å². The van der Waals surface area contributed by atoms with Crippen LogP contribution in [0.1, 0.15) is 78.0 Å². The Morgan fingerprint density at radius 3 is 1.66 bits per heavy atom. The van der Waals surface area contributed by atoms with Crippen LogP contribution >= 0.6 is 63.7 Å². The molecule has 4 aromatic carbocycles. The van der Waals surface area contributed by atoms with E-state index in [1.807, 2.05) is 43.5 Å². The first-order chi connectivity index (χ1) is 25.5. The van der Waals surface area contributed by atoms with Crippen LogP contribution in [0, 0.1) is 36.5 Å². The number of hydrogen-bond acceptors (Lipinski definition) is 4. The summed E-state index contributed by atoms with van der Waals surface area (Å²) in [7, 11) is 5.17. The minimum absolute atomic E-state index is 0.0662. The van der Waals surface area contributed by atoms with E-state index in [0.717, 1.165) is 75.3 Å². The van der Waals surface area contributed by atoms with E-state index >= 15 is 0 Å². The summed E-state index contributed by atoms with van der Waals surface area (Å²) in [6, 6.07) is 20.8. The summed E-state index contributed by atoms with van der Waals surface area (Å²) in [6.07, 6.45) is 9.49. The van der Waals surface area contributed by atoms with Gasteiger partial charge in [-0.1, -0.05) is 83.1 Å². The number of halogens is 4. The average Bonchev–Trinajstić information content (AvgIpc) is 3.69. The third-order valence-electron chi connectivity index (χ3n) is 12.6. The van der Waals surface area contributed by atoms with Crippen LogP contribution in [0.25, 0.3) is 0 Å². The van der Waals surface area contributed by atoms with E-state index in [2.05, 4.69) is 102 Å². The molecule has 4 aliphatic carbocycles. The molecule has 4 aliphatic rings. The van der Waals surface area contributed by atoms with Crippen LogP contribution in [0.4, 0.5) is 0 Å². The summed E-state index contributed by atoms with van der Waals surface area (Å²) >= 11 is 15.0. The van der Waals surface area contributed by atoms with E-state index in [-0.39, 0.29) is 17.3 Å². The Morgan fingerprint density at radius 1 is 0.660 bits per heavy atom. The number of hydrogen-bond donors (Lipinski definition) is 0. The van der Waals surface area contributed by atoms with Gasteiger partial charge in [0.25, 0.3) is 0 Å². The van der Waals surface area contributed by atoms with Crippen LogP contribution in [0.15, 0.2) is 78.6 Å². The summed E-state index contributed by atoms with van der Waals surface area (Å²) in [5.74, 6) is 5.39. The number of benzene rings is 4. The maximum absolute atomic E-state index is 13.2. The van der Waals surface area contributed by atoms with Crippen molar-refractivity contribution in [2.75, 3.05) is 21.3 Å². The predicted molar refractivity (Wildman–Crippen MR) is 228 cm³/mol. The minimum atomic E-state index is 0.0662. The van der Waals surface area contributed by atoms with Gasteiger partial charge in [-0.25, -0.2) is 0 Å². The van der Waals surface area contributed by atoms with Crippen molar-refractivity contribution in [1.29, 1.82) is 0 Å². The molecule has 280 valence electrons. The zero-order valence-corrected chi connectivity index (χ0v) is 37.5. The highest BCUT2D eigenvalue weighted by Crippen LogP contribution is 2.67. The molecule has 1 spiro atoms. The Hall–Kier alpha value is -2.13. The number of ketones is 1. The number of fused-ring (bicyclic) bond motifs is 2. The van der Waals surface area contributed by atoms with Crippen molar-refractivity contribution in [3.05, 3.63) is 117 Å². The zero-order chi connectivity index (χ0) is 37.6. The van der Waals surface area contributed by atoms with E-state index in [0.29, 0.717) is 17.6 Å². The predicted octanol–water partition coefficient (Wildman–Crippen LogP) is 12.6. The standard InChI is InChI=1S/C23H24Br2O.C22H24Br2O3/c1-12-8-14-10-16-18(24)5-4-13(2)21(16)23(14)15(9-12)11-17-19(25)6-7-20(26-3)22(17)23;1-26-18-6-8-20(23)16(12-18)10-14-4-3-5-15(22(14)25)11-17-13-19(27-2)7-9-21(17)24/h4-7,12,14-15H,8-11H2,1-3H3;6-9,12-15H,3-5,10-11H2,1-2H3/t12?,14-,15-,23-;14-,15-/m00/s1. The van der Waals surface area contributed by atoms with Gasteiger partial charge in [-0.05, 0) is 164 Å². The maximum atomic E-state index is 13.2. The van der Waals surface area contributed by atoms with Gasteiger partial charge in [0.15, 0.2) is 0 Å². The first-order valence-electron chi connectivity index (χ1n) is 18.8. The maximum Gasteiger partial charge on any atom is 0.139 e. The van der Waals surface area contributed by atoms with Gasteiger partial charge < -0.3 is 14.2 Å². The molecule has 8 heteroatoms. The lowest BCUT2D eigenvalue weighted by molar-refractivity contribution is -0.129. The summed E-state index contributed by atoms with van der Waals surface area (Å²) in [5.41, 5.74) is 9.96. The molecule has 0 heterocycles. The molecular formula is C45H48Br4O4. The highest BCUT2D eigenvalue weighted by Gasteiger charge is 2.61. The number of methoxy groups -OCH3 is 3. The van der Waals surface area contributed by atoms with Crippen molar-refractivity contribution in [2.24, 2.45) is 29.6 Å². The number of aryl methyl sites for hydroxylation is 1. The molecule has 4 nitrogen and oxygen atoms in total. The molecule has 6 atom stereocenters. The largest absolute Gasteiger partial charge is 0.497 e. The fourth-order valence-corrected chi connectivity index (χ4v) is 12.3. The molecule has 0 radical (unpaired) electrons. The molecule has 0 N–H and O–H groups in total. The number of rotatable bonds is 7. The van der Waals surface area contributed by atoms with Crippen molar-refractivity contribution in [3.63, 3.8) is 0 Å². The first-order valence-corrected chi connectivity index (χ1v) is 22.0. The third kappa shape index (κ3) is 7.21. The van der Waals surface area contributed by atoms with Gasteiger partial charge in [0, 0.05) is 40.7 Å². The Balaban J connectivity index is 0.000000164. The van der Waals surface area contributed by atoms with Crippen LogP contribution in [0.3, 0.4) is 0 Å². The van der Waals surface area contributed by atoms with E-state index in [1.54, 1.807) is 25.3 Å². The quantitative estimate of drug-likeness (QED) is 0.185. The number of ether oxygens (including phenoxy) is 3. The lowest BCUT2D eigenvalue weighted by atomic mass is 9.56. The second kappa shape index (κ2) is 16.2. The molecule has 0 aliphatic heterocycles. The highest BCUT2D eigenvalue weighted by atomic mass is 79.9. The Morgan fingerprint density at radius 2 is 1.15 bits per heavy atom. The third-order valence-corrected chi connectivity index (χ3v) is 15.7. The molecule has 1 unspecified atom stereocenters. The van der Waals surface area contributed by atoms with E-state index in [9.17, 15) is 4.79 Å². The normalized spacial score (nSPS) is 25.4. The number of Topliss-reactive ketones (excluding diaryl/α,β-unsaturated/α-hetero) is 1. The molecule has 53 heavy (non-hydrogen) atoms. The summed E-state index contributed by atoms with van der Waals surface area (Å²) in [4.78, 5) is 13.2. The molecule has 0 bridgehead atoms. The fraction of sp³-hybridized carbons (Fsp3) is 0.444. The molecule has 0 amide bonds. The molecule has 2 saturated carbocycles. The highest BCUT2D eigenvalue weighted by molar-refractivity contribution is 9.11. The Kier molecular flexibility index (Phi) is 11.9. The first kappa shape index (κ1) is 39.1. The van der Waals surface area contributed by atoms with Crippen molar-refractivity contribution >= 4 is 69.5 Å². The molecular weight excluding hydrogens is 924 g/mol. The van der Waals surface area contributed by atoms with Crippen molar-refractivity contribution in [3.8, 4) is 17.2 Å². The monoisotopic (exact) mass is 968 g/mol. The fourth-order valence-electron chi connectivity index (χ4n) is 10.5. The van der Waals surface area contributed by atoms with Gasteiger partial charge in [0.05, 0.1) is 21.3 Å². The van der Waals surface area contributed by atoms with Crippen LogP contribution in [0.2, 0.25) is 0 Å². The number of carbonyl (C=O) groups is 1. The van der Waals surface area contributed by atoms with Crippen LogP contribution in [0.5, 0.6) is 17.2 Å². The van der Waals surface area contributed by atoms with E-state index < -0.39 is 0 Å². The second-order valence-corrected chi connectivity index (χ2v) is 19.0. The second-order valence-electron chi connectivity index (χ2n) is 15.6. The lowest BCUT2D eigenvalue weighted by Crippen LogP contribution is -2.43. The SMILES string of the molecule is COc1ccc(Br)c(C[C@@H]2CCC[C@@H](Cc3cc(OC)ccc3Br)C2=O)c1.COc1ccc(Br)c2c1[C@@]13c4c(C)ccc(Br)c4C[C@@H]1CC(C)C[C@H]3C2. The van der Waals surface area contributed by atoms with Crippen LogP contribution < -0.4 is 14.2 Å². The van der Waals surface area contributed by atoms with Crippen molar-refractivity contribution in [1.82, 2.24) is 0 Å². The summed E-state index contributed by atoms with van der Waals surface area (Å²) < 4.78 is 21.2. The Labute approximate surface area is 348 Å². The van der Waals surface area contributed by atoms with Crippen LogP contribution in [-0.2, 0) is 35.9 Å². The minimum Gasteiger partial charge on any atom is -0.497 e. The average molecular weight is 972 g/mol. The van der Waals surface area contributed by atoms with Crippen LogP contribution in [-0.4, -0.2) is 27.1 Å². The van der Waals surface area contributed by atoms with Crippen molar-refractivity contribution < 1.29 is 19.0 Å². The van der Waals surface area contributed by atoms with E-state index in [4.69, 9.17) is 14.2 Å². The molecule has 0 aromatic heterocycles. The zero-order valence-electron chi connectivity index (χ0n) is 31.2. The van der Waals surface area contributed by atoms with Gasteiger partial charge in [0.2, 0.25) is 0 Å². The van der Waals surface area contributed by atoms with E-state index in [1.165, 1.54) is 51.3 Å². The topological polar surface area (TPSA) is 44.8 Å². The Bertz CT molecular complexity index is 1950. The molecule has 0 saturated heterocycles. The summed E-state index contributed by atoms with van der Waals surface area (Å²) in [5, 5.41) is 0. The van der Waals surface area contributed by atoms with Gasteiger partial charge >= 0.3 is 0 Å². The molecule has 8 rings (SSSR count). The molecule has 2 fully saturated rings. The molecule has 4 aromatic rings. The van der Waals surface area contributed by atoms with Gasteiger partial charge in [0.1, 0.15) is 23.0 Å². The number of carbonyl (C=O) groups excluding carboxylic acids is 1. The lowest BCUT2D eigenvalue weighted by Gasteiger charge is -2.46. The van der Waals surface area contributed by atoms with Gasteiger partial charge in [-0.2, -0.15) is 0 Å². The smallest absolute Gasteiger partial charge is 0.139 e.